The van der Waals surface area contributed by atoms with Crippen molar-refractivity contribution >= 4 is 29.9 Å². The van der Waals surface area contributed by atoms with E-state index in [2.05, 4.69) is 11.0 Å². The Balaban J connectivity index is 2.82. The third-order valence-corrected chi connectivity index (χ3v) is 6.32. The van der Waals surface area contributed by atoms with E-state index in [4.69, 9.17) is 9.31 Å². The number of hydrogen-bond donors (Lipinski definition) is 1. The van der Waals surface area contributed by atoms with Crippen LogP contribution in [0.2, 0.25) is 0 Å². The second-order valence-corrected chi connectivity index (χ2v) is 10.5. The number of rotatable bonds is 6. The Morgan fingerprint density at radius 3 is 2.05 bits per heavy atom. The minimum atomic E-state index is -1.14. The summed E-state index contributed by atoms with van der Waals surface area (Å²) < 4.78 is 27.5. The maximum absolute atomic E-state index is 12.4. The van der Waals surface area contributed by atoms with Gasteiger partial charge < -0.3 is 9.31 Å². The second kappa shape index (κ2) is 6.91. The molecule has 1 heterocycles. The molecular weight excluding hydrogens is 305 g/mol. The summed E-state index contributed by atoms with van der Waals surface area (Å²) in [6.45, 7) is 14.1. The summed E-state index contributed by atoms with van der Waals surface area (Å²) >= 11 is 1.77. The smallest absolute Gasteiger partial charge is 0.402 e. The first kappa shape index (κ1) is 19.5. The van der Waals surface area contributed by atoms with Gasteiger partial charge in [-0.15, -0.1) is 0 Å². The van der Waals surface area contributed by atoms with Gasteiger partial charge in [0.2, 0.25) is 0 Å². The van der Waals surface area contributed by atoms with Gasteiger partial charge in [-0.25, -0.2) is 8.93 Å². The van der Waals surface area contributed by atoms with Crippen molar-refractivity contribution in [3.05, 3.63) is 0 Å². The average Bonchev–Trinajstić information content (AvgIpc) is 2.52. The first-order chi connectivity index (χ1) is 9.40. The highest BCUT2D eigenvalue weighted by Crippen LogP contribution is 2.38. The lowest BCUT2D eigenvalue weighted by atomic mass is 9.77. The van der Waals surface area contributed by atoms with Crippen molar-refractivity contribution < 1.29 is 13.5 Å². The standard InChI is InChI=1S/C14H30BNO3S2/c1-12(2,3)21(17)16-11(9-10-20-8)15-18-13(4,5)14(6,7)19-15/h11,16H,9-10H2,1-8H3/t11-,21?/m0/s1. The van der Waals surface area contributed by atoms with E-state index >= 15 is 0 Å². The Labute approximate surface area is 137 Å². The minimum absolute atomic E-state index is 0.0708. The van der Waals surface area contributed by atoms with Gasteiger partial charge in [0.05, 0.1) is 32.9 Å². The minimum Gasteiger partial charge on any atom is -0.402 e. The van der Waals surface area contributed by atoms with Gasteiger partial charge in [0.25, 0.3) is 0 Å². The Bertz CT molecular complexity index is 367. The molecule has 1 aliphatic rings. The summed E-state index contributed by atoms with van der Waals surface area (Å²) in [5.74, 6) is 0.905. The monoisotopic (exact) mass is 335 g/mol. The molecule has 21 heavy (non-hydrogen) atoms. The molecule has 1 saturated heterocycles. The Hall–Kier alpha value is 0.445. The van der Waals surface area contributed by atoms with E-state index in [0.717, 1.165) is 12.2 Å². The van der Waals surface area contributed by atoms with Gasteiger partial charge in [-0.1, -0.05) is 0 Å². The summed E-state index contributed by atoms with van der Waals surface area (Å²) in [7, 11) is -1.50. The van der Waals surface area contributed by atoms with Gasteiger partial charge >= 0.3 is 7.12 Å². The van der Waals surface area contributed by atoms with E-state index in [9.17, 15) is 4.21 Å². The molecule has 0 saturated carbocycles. The van der Waals surface area contributed by atoms with Gasteiger partial charge in [0, 0.05) is 0 Å². The van der Waals surface area contributed by atoms with Crippen LogP contribution in [-0.4, -0.2) is 45.2 Å². The second-order valence-electron chi connectivity index (χ2n) is 7.51. The molecule has 0 bridgehead atoms. The van der Waals surface area contributed by atoms with E-state index in [1.165, 1.54) is 0 Å². The van der Waals surface area contributed by atoms with Crippen molar-refractivity contribution in [3.63, 3.8) is 0 Å². The lowest BCUT2D eigenvalue weighted by molar-refractivity contribution is 0.00578. The molecule has 0 aromatic rings. The molecule has 0 aliphatic carbocycles. The first-order valence-corrected chi connectivity index (χ1v) is 9.98. The van der Waals surface area contributed by atoms with E-state index < -0.39 is 11.0 Å². The van der Waals surface area contributed by atoms with Gasteiger partial charge in [0.1, 0.15) is 0 Å². The molecule has 7 heteroatoms. The molecule has 0 aromatic heterocycles. The molecule has 1 aliphatic heterocycles. The lowest BCUT2D eigenvalue weighted by Crippen LogP contribution is -2.49. The molecule has 1 unspecified atom stereocenters. The van der Waals surface area contributed by atoms with E-state index in [1.54, 1.807) is 11.8 Å². The number of thioether (sulfide) groups is 1. The Kier molecular flexibility index (Phi) is 6.41. The third kappa shape index (κ3) is 4.96. The fourth-order valence-electron chi connectivity index (χ4n) is 1.86. The fourth-order valence-corrected chi connectivity index (χ4v) is 3.21. The maximum Gasteiger partial charge on any atom is 0.477 e. The van der Waals surface area contributed by atoms with Crippen LogP contribution in [0.4, 0.5) is 0 Å². The van der Waals surface area contributed by atoms with Crippen LogP contribution in [0.3, 0.4) is 0 Å². The Morgan fingerprint density at radius 2 is 1.67 bits per heavy atom. The zero-order chi connectivity index (χ0) is 16.5. The molecule has 1 N–H and O–H groups in total. The molecule has 124 valence electrons. The maximum atomic E-state index is 12.4. The summed E-state index contributed by atoms with van der Waals surface area (Å²) in [5, 5.41) is 0. The van der Waals surface area contributed by atoms with Gasteiger partial charge in [0.15, 0.2) is 0 Å². The highest BCUT2D eigenvalue weighted by atomic mass is 32.2. The van der Waals surface area contributed by atoms with Crippen molar-refractivity contribution in [3.8, 4) is 0 Å². The van der Waals surface area contributed by atoms with E-state index in [1.807, 2.05) is 48.5 Å². The van der Waals surface area contributed by atoms with Crippen molar-refractivity contribution in [1.82, 2.24) is 4.72 Å². The van der Waals surface area contributed by atoms with Crippen LogP contribution in [-0.2, 0) is 20.3 Å². The largest absolute Gasteiger partial charge is 0.477 e. The number of hydrogen-bond acceptors (Lipinski definition) is 4. The van der Waals surface area contributed by atoms with Gasteiger partial charge in [-0.05, 0) is 66.9 Å². The summed E-state index contributed by atoms with van der Waals surface area (Å²) in [4.78, 5) is 0. The quantitative estimate of drug-likeness (QED) is 0.758. The predicted octanol–water partition coefficient (Wildman–Crippen LogP) is 2.79. The zero-order valence-corrected chi connectivity index (χ0v) is 16.2. The first-order valence-electron chi connectivity index (χ1n) is 7.43. The molecule has 1 rings (SSSR count). The van der Waals surface area contributed by atoms with Crippen molar-refractivity contribution in [1.29, 1.82) is 0 Å². The summed E-state index contributed by atoms with van der Waals surface area (Å²) in [6, 6.07) is 0. The average molecular weight is 335 g/mol. The predicted molar refractivity (Wildman–Crippen MR) is 93.9 cm³/mol. The fraction of sp³-hybridized carbons (Fsp3) is 1.00. The molecule has 0 radical (unpaired) electrons. The summed E-state index contributed by atoms with van der Waals surface area (Å²) in [6.07, 6.45) is 2.93. The van der Waals surface area contributed by atoms with Crippen molar-refractivity contribution in [2.24, 2.45) is 0 Å². The van der Waals surface area contributed by atoms with Crippen LogP contribution < -0.4 is 4.72 Å². The van der Waals surface area contributed by atoms with Crippen LogP contribution >= 0.6 is 11.8 Å². The van der Waals surface area contributed by atoms with Crippen LogP contribution in [0.25, 0.3) is 0 Å². The van der Waals surface area contributed by atoms with E-state index in [0.29, 0.717) is 0 Å². The lowest BCUT2D eigenvalue weighted by Gasteiger charge is -2.32. The molecule has 0 spiro atoms. The normalized spacial score (nSPS) is 24.1. The molecule has 0 aromatic carbocycles. The highest BCUT2D eigenvalue weighted by molar-refractivity contribution is 7.98. The SMILES string of the molecule is CSCC[C@H](NS(=O)C(C)(C)C)B1OC(C)(C)C(C)(C)O1. The van der Waals surface area contributed by atoms with Crippen LogP contribution in [0, 0.1) is 0 Å². The molecular formula is C14H30BNO3S2. The third-order valence-electron chi connectivity index (χ3n) is 4.05. The molecule has 0 amide bonds. The van der Waals surface area contributed by atoms with E-state index in [-0.39, 0.29) is 29.0 Å². The van der Waals surface area contributed by atoms with Gasteiger partial charge in [-0.2, -0.15) is 11.8 Å². The topological polar surface area (TPSA) is 47.6 Å². The summed E-state index contributed by atoms with van der Waals surface area (Å²) in [5.41, 5.74) is -0.722. The van der Waals surface area contributed by atoms with Crippen molar-refractivity contribution in [2.75, 3.05) is 12.0 Å². The van der Waals surface area contributed by atoms with Gasteiger partial charge in [-0.3, -0.25) is 0 Å². The highest BCUT2D eigenvalue weighted by Gasteiger charge is 2.54. The number of nitrogens with one attached hydrogen (secondary N) is 1. The van der Waals surface area contributed by atoms with Crippen molar-refractivity contribution in [2.45, 2.75) is 76.8 Å². The zero-order valence-electron chi connectivity index (χ0n) is 14.6. The Morgan fingerprint density at radius 1 is 1.19 bits per heavy atom. The molecule has 4 nitrogen and oxygen atoms in total. The molecule has 1 fully saturated rings. The van der Waals surface area contributed by atoms with Crippen LogP contribution in [0.1, 0.15) is 54.9 Å². The van der Waals surface area contributed by atoms with Crippen LogP contribution in [0.5, 0.6) is 0 Å². The molecule has 2 atom stereocenters. The van der Waals surface area contributed by atoms with Crippen LogP contribution in [0.15, 0.2) is 0 Å².